The van der Waals surface area contributed by atoms with Gasteiger partial charge in [-0.05, 0) is 52.9 Å². The van der Waals surface area contributed by atoms with Crippen molar-refractivity contribution in [2.75, 3.05) is 0 Å². The summed E-state index contributed by atoms with van der Waals surface area (Å²) >= 11 is 5.07. The Labute approximate surface area is 119 Å². The fourth-order valence-electron chi connectivity index (χ4n) is 1.76. The predicted octanol–water partition coefficient (Wildman–Crippen LogP) is 3.57. The van der Waals surface area contributed by atoms with Crippen molar-refractivity contribution in [1.82, 2.24) is 9.88 Å². The molecule has 0 aliphatic heterocycles. The van der Waals surface area contributed by atoms with Crippen LogP contribution in [0.4, 0.5) is 0 Å². The van der Waals surface area contributed by atoms with Crippen molar-refractivity contribution < 1.29 is 4.79 Å². The Morgan fingerprint density at radius 1 is 1.56 bits per heavy atom. The second kappa shape index (κ2) is 5.71. The largest absolute Gasteiger partial charge is 0.346 e. The number of hydrogen-bond acceptors (Lipinski definition) is 2. The number of carbonyl (C=O) groups is 1. The fourth-order valence-corrected chi connectivity index (χ4v) is 3.07. The van der Waals surface area contributed by atoms with Crippen LogP contribution in [0, 0.1) is 6.92 Å². The van der Waals surface area contributed by atoms with Gasteiger partial charge in [-0.1, -0.05) is 0 Å². The first-order chi connectivity index (χ1) is 8.61. The zero-order valence-electron chi connectivity index (χ0n) is 10.4. The number of nitrogens with one attached hydrogen (secondary N) is 1. The van der Waals surface area contributed by atoms with Crippen molar-refractivity contribution in [2.45, 2.75) is 26.9 Å². The monoisotopic (exact) mass is 326 g/mol. The molecule has 2 rings (SSSR count). The minimum Gasteiger partial charge on any atom is -0.346 e. The van der Waals surface area contributed by atoms with Gasteiger partial charge in [0.15, 0.2) is 0 Å². The van der Waals surface area contributed by atoms with Crippen molar-refractivity contribution in [1.29, 1.82) is 0 Å². The highest BCUT2D eigenvalue weighted by molar-refractivity contribution is 9.10. The average Bonchev–Trinajstić information content (AvgIpc) is 2.92. The Bertz CT molecular complexity index is 559. The summed E-state index contributed by atoms with van der Waals surface area (Å²) in [4.78, 5) is 13.3. The number of hydrogen-bond donors (Lipinski definition) is 1. The molecule has 2 heterocycles. The van der Waals surface area contributed by atoms with Crippen LogP contribution in [0.1, 0.15) is 27.9 Å². The van der Waals surface area contributed by atoms with Crippen LogP contribution in [0.2, 0.25) is 0 Å². The summed E-state index contributed by atoms with van der Waals surface area (Å²) in [6.45, 7) is 5.46. The molecule has 18 heavy (non-hydrogen) atoms. The van der Waals surface area contributed by atoms with E-state index >= 15 is 0 Å². The standard InChI is InChI=1S/C13H15BrN2OS/c1-3-16-8-10(14)6-11(16)13(17)15-7-12-9(2)4-5-18-12/h4-6,8H,3,7H2,1-2H3,(H,15,17). The van der Waals surface area contributed by atoms with Gasteiger partial charge in [-0.25, -0.2) is 0 Å². The molecular weight excluding hydrogens is 312 g/mol. The number of halogens is 1. The van der Waals surface area contributed by atoms with Gasteiger partial charge in [0.05, 0.1) is 6.54 Å². The van der Waals surface area contributed by atoms with Crippen LogP contribution in [-0.2, 0) is 13.1 Å². The van der Waals surface area contributed by atoms with Gasteiger partial charge < -0.3 is 9.88 Å². The molecule has 0 saturated carbocycles. The molecule has 0 unspecified atom stereocenters. The van der Waals surface area contributed by atoms with Crippen molar-refractivity contribution in [3.63, 3.8) is 0 Å². The van der Waals surface area contributed by atoms with Gasteiger partial charge in [0, 0.05) is 22.1 Å². The van der Waals surface area contributed by atoms with E-state index in [1.54, 1.807) is 11.3 Å². The highest BCUT2D eigenvalue weighted by Crippen LogP contribution is 2.17. The second-order valence-corrected chi connectivity index (χ2v) is 5.96. The maximum absolute atomic E-state index is 12.1. The number of amides is 1. The molecule has 0 fully saturated rings. The highest BCUT2D eigenvalue weighted by Gasteiger charge is 2.12. The second-order valence-electron chi connectivity index (χ2n) is 4.04. The number of aromatic nitrogens is 1. The topological polar surface area (TPSA) is 34.0 Å². The molecule has 0 radical (unpaired) electrons. The molecule has 0 aromatic carbocycles. The van der Waals surface area contributed by atoms with Gasteiger partial charge in [-0.2, -0.15) is 0 Å². The van der Waals surface area contributed by atoms with Gasteiger partial charge in [0.25, 0.3) is 5.91 Å². The highest BCUT2D eigenvalue weighted by atomic mass is 79.9. The van der Waals surface area contributed by atoms with E-state index in [4.69, 9.17) is 0 Å². The van der Waals surface area contributed by atoms with E-state index in [1.165, 1.54) is 10.4 Å². The Hall–Kier alpha value is -1.07. The van der Waals surface area contributed by atoms with Crippen molar-refractivity contribution in [3.05, 3.63) is 44.3 Å². The van der Waals surface area contributed by atoms with E-state index in [0.717, 1.165) is 11.0 Å². The van der Waals surface area contributed by atoms with Gasteiger partial charge in [0.2, 0.25) is 0 Å². The first-order valence-electron chi connectivity index (χ1n) is 5.78. The Kier molecular flexibility index (Phi) is 4.24. The molecule has 0 aliphatic rings. The van der Waals surface area contributed by atoms with E-state index in [2.05, 4.69) is 34.2 Å². The van der Waals surface area contributed by atoms with E-state index in [0.29, 0.717) is 12.2 Å². The number of rotatable bonds is 4. The smallest absolute Gasteiger partial charge is 0.268 e. The number of aryl methyl sites for hydroxylation is 2. The lowest BCUT2D eigenvalue weighted by molar-refractivity contribution is 0.0942. The fraction of sp³-hybridized carbons (Fsp3) is 0.308. The SMILES string of the molecule is CCn1cc(Br)cc1C(=O)NCc1sccc1C. The first-order valence-corrected chi connectivity index (χ1v) is 7.46. The quantitative estimate of drug-likeness (QED) is 0.915. The molecule has 0 bridgehead atoms. The Morgan fingerprint density at radius 3 is 2.94 bits per heavy atom. The number of nitrogens with zero attached hydrogens (tertiary/aromatic N) is 1. The number of carbonyl (C=O) groups excluding carboxylic acids is 1. The Balaban J connectivity index is 2.06. The summed E-state index contributed by atoms with van der Waals surface area (Å²) in [7, 11) is 0. The third kappa shape index (κ3) is 2.84. The predicted molar refractivity (Wildman–Crippen MR) is 78.0 cm³/mol. The van der Waals surface area contributed by atoms with Crippen LogP contribution in [0.15, 0.2) is 28.2 Å². The maximum Gasteiger partial charge on any atom is 0.268 e. The van der Waals surface area contributed by atoms with E-state index < -0.39 is 0 Å². The summed E-state index contributed by atoms with van der Waals surface area (Å²) in [5.74, 6) is -0.0321. The van der Waals surface area contributed by atoms with Crippen LogP contribution in [0.3, 0.4) is 0 Å². The maximum atomic E-state index is 12.1. The molecule has 1 amide bonds. The molecule has 0 spiro atoms. The summed E-state index contributed by atoms with van der Waals surface area (Å²) in [6, 6.07) is 3.91. The normalized spacial score (nSPS) is 10.6. The summed E-state index contributed by atoms with van der Waals surface area (Å²) in [6.07, 6.45) is 1.92. The van der Waals surface area contributed by atoms with Crippen molar-refractivity contribution >= 4 is 33.2 Å². The van der Waals surface area contributed by atoms with Gasteiger partial charge in [-0.15, -0.1) is 11.3 Å². The van der Waals surface area contributed by atoms with Gasteiger partial charge in [-0.3, -0.25) is 4.79 Å². The van der Waals surface area contributed by atoms with Gasteiger partial charge in [0.1, 0.15) is 5.69 Å². The lowest BCUT2D eigenvalue weighted by Crippen LogP contribution is -2.25. The lowest BCUT2D eigenvalue weighted by Gasteiger charge is -2.07. The van der Waals surface area contributed by atoms with Gasteiger partial charge >= 0.3 is 0 Å². The summed E-state index contributed by atoms with van der Waals surface area (Å²) in [5.41, 5.74) is 1.92. The summed E-state index contributed by atoms with van der Waals surface area (Å²) < 4.78 is 2.86. The van der Waals surface area contributed by atoms with Crippen molar-refractivity contribution in [2.24, 2.45) is 0 Å². The van der Waals surface area contributed by atoms with Crippen LogP contribution < -0.4 is 5.32 Å². The minimum atomic E-state index is -0.0321. The Morgan fingerprint density at radius 2 is 2.33 bits per heavy atom. The molecule has 5 heteroatoms. The van der Waals surface area contributed by atoms with E-state index in [9.17, 15) is 4.79 Å². The molecule has 96 valence electrons. The average molecular weight is 327 g/mol. The molecule has 0 atom stereocenters. The van der Waals surface area contributed by atoms with Crippen LogP contribution in [0.25, 0.3) is 0 Å². The first kappa shape index (κ1) is 13.4. The molecule has 2 aromatic rings. The third-order valence-electron chi connectivity index (χ3n) is 2.81. The molecular formula is C13H15BrN2OS. The zero-order valence-corrected chi connectivity index (χ0v) is 12.8. The molecule has 3 nitrogen and oxygen atoms in total. The zero-order chi connectivity index (χ0) is 13.1. The minimum absolute atomic E-state index is 0.0321. The van der Waals surface area contributed by atoms with Crippen LogP contribution >= 0.6 is 27.3 Å². The molecule has 0 aliphatic carbocycles. The lowest BCUT2D eigenvalue weighted by atomic mass is 10.3. The third-order valence-corrected chi connectivity index (χ3v) is 4.27. The molecule has 2 aromatic heterocycles. The van der Waals surface area contributed by atoms with Crippen LogP contribution in [0.5, 0.6) is 0 Å². The van der Waals surface area contributed by atoms with Crippen molar-refractivity contribution in [3.8, 4) is 0 Å². The van der Waals surface area contributed by atoms with Crippen LogP contribution in [-0.4, -0.2) is 10.5 Å². The molecule has 1 N–H and O–H groups in total. The molecule has 0 saturated heterocycles. The van der Waals surface area contributed by atoms with E-state index in [1.807, 2.05) is 29.1 Å². The van der Waals surface area contributed by atoms with E-state index in [-0.39, 0.29) is 5.91 Å². The summed E-state index contributed by atoms with van der Waals surface area (Å²) in [5, 5.41) is 5.00. The number of thiophene rings is 1.